The molecule has 4 heteroatoms. The predicted octanol–water partition coefficient (Wildman–Crippen LogP) is 2.38. The van der Waals surface area contributed by atoms with E-state index in [4.69, 9.17) is 8.74 Å². The Morgan fingerprint density at radius 1 is 1.50 bits per heavy atom. The summed E-state index contributed by atoms with van der Waals surface area (Å²) in [6.07, 6.45) is 5.18. The van der Waals surface area contributed by atoms with Crippen LogP contribution >= 0.6 is 9.03 Å². The number of hydrogen-bond donors (Lipinski definition) is 0. The van der Waals surface area contributed by atoms with Gasteiger partial charge in [0.1, 0.15) is 9.03 Å². The van der Waals surface area contributed by atoms with Crippen molar-refractivity contribution in [3.63, 3.8) is 0 Å². The Morgan fingerprint density at radius 3 is 2.83 bits per heavy atom. The standard InChI is InChI=1S/C8H19O2PSi/c1-3-5-6-8(4-2)7-9-11-10-12-8/h11H,3-7,12H2,1-2H3. The third-order valence-electron chi connectivity index (χ3n) is 2.69. The first-order valence-corrected chi connectivity index (χ1v) is 6.91. The highest BCUT2D eigenvalue weighted by Gasteiger charge is 2.32. The quantitative estimate of drug-likeness (QED) is 0.519. The van der Waals surface area contributed by atoms with E-state index in [0.29, 0.717) is 14.1 Å². The molecule has 1 rings (SSSR count). The minimum Gasteiger partial charge on any atom is -0.384 e. The summed E-state index contributed by atoms with van der Waals surface area (Å²) in [6.45, 7) is 5.48. The van der Waals surface area contributed by atoms with E-state index in [1.807, 2.05) is 0 Å². The van der Waals surface area contributed by atoms with E-state index in [1.165, 1.54) is 25.7 Å². The molecular weight excluding hydrogens is 187 g/mol. The second-order valence-electron chi connectivity index (χ2n) is 3.62. The molecule has 0 aromatic rings. The minimum atomic E-state index is -0.317. The van der Waals surface area contributed by atoms with Crippen molar-refractivity contribution in [2.24, 2.45) is 0 Å². The lowest BCUT2D eigenvalue weighted by Crippen LogP contribution is -2.28. The van der Waals surface area contributed by atoms with Crippen LogP contribution in [0.25, 0.3) is 0 Å². The van der Waals surface area contributed by atoms with Gasteiger partial charge in [0.05, 0.1) is 6.61 Å². The molecule has 2 atom stereocenters. The molecule has 2 nitrogen and oxygen atoms in total. The minimum absolute atomic E-state index is 0.317. The van der Waals surface area contributed by atoms with Crippen molar-refractivity contribution in [3.8, 4) is 0 Å². The molecular formula is C8H19O2PSi. The maximum atomic E-state index is 5.52. The first-order chi connectivity index (χ1) is 5.83. The molecule has 2 unspecified atom stereocenters. The van der Waals surface area contributed by atoms with Crippen LogP contribution in [0.5, 0.6) is 0 Å². The van der Waals surface area contributed by atoms with E-state index >= 15 is 0 Å². The van der Waals surface area contributed by atoms with Crippen LogP contribution in [0.15, 0.2) is 0 Å². The van der Waals surface area contributed by atoms with Crippen molar-refractivity contribution in [2.45, 2.75) is 44.6 Å². The summed E-state index contributed by atoms with van der Waals surface area (Å²) in [5.41, 5.74) is 0. The van der Waals surface area contributed by atoms with Crippen molar-refractivity contribution >= 4 is 18.8 Å². The van der Waals surface area contributed by atoms with Crippen LogP contribution in [-0.4, -0.2) is 16.4 Å². The summed E-state index contributed by atoms with van der Waals surface area (Å²) in [7, 11) is 0.0209. The molecule has 1 heterocycles. The third kappa shape index (κ3) is 2.81. The van der Waals surface area contributed by atoms with E-state index in [-0.39, 0.29) is 9.76 Å². The summed E-state index contributed by atoms with van der Waals surface area (Å²) in [6, 6.07) is 0. The van der Waals surface area contributed by atoms with Crippen LogP contribution in [0, 0.1) is 0 Å². The van der Waals surface area contributed by atoms with Crippen molar-refractivity contribution in [1.82, 2.24) is 0 Å². The van der Waals surface area contributed by atoms with Gasteiger partial charge in [-0.05, 0) is 12.8 Å². The molecule has 1 aliphatic heterocycles. The largest absolute Gasteiger partial charge is 0.384 e. The second kappa shape index (κ2) is 5.33. The molecule has 1 fully saturated rings. The van der Waals surface area contributed by atoms with Gasteiger partial charge in [0.15, 0.2) is 9.76 Å². The molecule has 1 aliphatic rings. The summed E-state index contributed by atoms with van der Waals surface area (Å²) < 4.78 is 10.9. The van der Waals surface area contributed by atoms with E-state index in [1.54, 1.807) is 0 Å². The lowest BCUT2D eigenvalue weighted by molar-refractivity contribution is 0.221. The van der Waals surface area contributed by atoms with Crippen LogP contribution in [0.2, 0.25) is 5.04 Å². The molecule has 12 heavy (non-hydrogen) atoms. The smallest absolute Gasteiger partial charge is 0.178 e. The second-order valence-corrected chi connectivity index (χ2v) is 7.02. The lowest BCUT2D eigenvalue weighted by Gasteiger charge is -2.34. The Labute approximate surface area is 79.3 Å². The van der Waals surface area contributed by atoms with Gasteiger partial charge in [0, 0.05) is 5.04 Å². The summed E-state index contributed by atoms with van der Waals surface area (Å²) in [4.78, 5) is 0. The maximum Gasteiger partial charge on any atom is 0.178 e. The van der Waals surface area contributed by atoms with Crippen LogP contribution < -0.4 is 0 Å². The van der Waals surface area contributed by atoms with Crippen LogP contribution in [0.3, 0.4) is 0 Å². The van der Waals surface area contributed by atoms with Gasteiger partial charge in [-0.1, -0.05) is 26.7 Å². The number of hydrogen-bond acceptors (Lipinski definition) is 2. The molecule has 0 N–H and O–H groups in total. The summed E-state index contributed by atoms with van der Waals surface area (Å²) in [5, 5.41) is 0.473. The van der Waals surface area contributed by atoms with Gasteiger partial charge < -0.3 is 8.74 Å². The fourth-order valence-corrected chi connectivity index (χ4v) is 4.67. The highest BCUT2D eigenvalue weighted by atomic mass is 31.1. The molecule has 0 amide bonds. The fraction of sp³-hybridized carbons (Fsp3) is 1.00. The van der Waals surface area contributed by atoms with Gasteiger partial charge in [-0.25, -0.2) is 0 Å². The normalized spacial score (nSPS) is 34.5. The molecule has 1 saturated heterocycles. The first-order valence-electron chi connectivity index (χ1n) is 4.81. The zero-order valence-electron chi connectivity index (χ0n) is 8.06. The summed E-state index contributed by atoms with van der Waals surface area (Å²) in [5.74, 6) is 0. The SMILES string of the molecule is CCCCC1(CC)COPO[SiH2]1. The molecule has 0 bridgehead atoms. The van der Waals surface area contributed by atoms with E-state index < -0.39 is 0 Å². The molecule has 0 saturated carbocycles. The Morgan fingerprint density at radius 2 is 2.33 bits per heavy atom. The average molecular weight is 206 g/mol. The maximum absolute atomic E-state index is 5.52. The Kier molecular flexibility index (Phi) is 4.73. The Balaban J connectivity index is 2.37. The third-order valence-corrected chi connectivity index (χ3v) is 5.67. The predicted molar refractivity (Wildman–Crippen MR) is 56.4 cm³/mol. The highest BCUT2D eigenvalue weighted by Crippen LogP contribution is 2.42. The van der Waals surface area contributed by atoms with Crippen molar-refractivity contribution in [1.29, 1.82) is 0 Å². The van der Waals surface area contributed by atoms with Crippen molar-refractivity contribution in [2.75, 3.05) is 6.61 Å². The van der Waals surface area contributed by atoms with Crippen molar-refractivity contribution in [3.05, 3.63) is 0 Å². The molecule has 0 radical (unpaired) electrons. The molecule has 0 spiro atoms. The van der Waals surface area contributed by atoms with Gasteiger partial charge in [-0.15, -0.1) is 0 Å². The molecule has 0 aliphatic carbocycles. The molecule has 0 aromatic carbocycles. The van der Waals surface area contributed by atoms with E-state index in [9.17, 15) is 0 Å². The van der Waals surface area contributed by atoms with Crippen LogP contribution in [-0.2, 0) is 8.74 Å². The van der Waals surface area contributed by atoms with Gasteiger partial charge in [0.25, 0.3) is 0 Å². The highest BCUT2D eigenvalue weighted by molar-refractivity contribution is 7.28. The van der Waals surface area contributed by atoms with Crippen LogP contribution in [0.4, 0.5) is 0 Å². The summed E-state index contributed by atoms with van der Waals surface area (Å²) >= 11 is 0. The average Bonchev–Trinajstić information content (AvgIpc) is 2.16. The van der Waals surface area contributed by atoms with Crippen LogP contribution in [0.1, 0.15) is 39.5 Å². The Bertz CT molecular complexity index is 126. The molecule has 72 valence electrons. The van der Waals surface area contributed by atoms with Gasteiger partial charge in [-0.2, -0.15) is 0 Å². The number of unbranched alkanes of at least 4 members (excludes halogenated alkanes) is 1. The van der Waals surface area contributed by atoms with Crippen molar-refractivity contribution < 1.29 is 8.74 Å². The Hall–Kier alpha value is 0.567. The monoisotopic (exact) mass is 206 g/mol. The topological polar surface area (TPSA) is 18.5 Å². The lowest BCUT2D eigenvalue weighted by atomic mass is 9.99. The van der Waals surface area contributed by atoms with E-state index in [2.05, 4.69) is 13.8 Å². The zero-order valence-corrected chi connectivity index (χ0v) is 10.5. The van der Waals surface area contributed by atoms with E-state index in [0.717, 1.165) is 6.61 Å². The number of rotatable bonds is 4. The van der Waals surface area contributed by atoms with Gasteiger partial charge in [-0.3, -0.25) is 0 Å². The fourth-order valence-electron chi connectivity index (χ4n) is 1.53. The zero-order chi connectivity index (χ0) is 8.86. The van der Waals surface area contributed by atoms with Gasteiger partial charge >= 0.3 is 0 Å². The molecule has 0 aromatic heterocycles. The van der Waals surface area contributed by atoms with Gasteiger partial charge in [0.2, 0.25) is 0 Å². The first kappa shape index (κ1) is 10.6.